The van der Waals surface area contributed by atoms with Crippen LogP contribution in [-0.4, -0.2) is 23.3 Å². The maximum absolute atomic E-state index is 12.5. The molecule has 29 heavy (non-hydrogen) atoms. The van der Waals surface area contributed by atoms with E-state index >= 15 is 0 Å². The van der Waals surface area contributed by atoms with Gasteiger partial charge in [0.1, 0.15) is 18.0 Å². The van der Waals surface area contributed by atoms with Crippen LogP contribution in [0.3, 0.4) is 0 Å². The number of aryl methyl sites for hydroxylation is 2. The second-order valence-electron chi connectivity index (χ2n) is 7.39. The van der Waals surface area contributed by atoms with Crippen molar-refractivity contribution in [1.82, 2.24) is 4.90 Å². The summed E-state index contributed by atoms with van der Waals surface area (Å²) in [5.41, 5.74) is 2.62. The predicted molar refractivity (Wildman–Crippen MR) is 104 cm³/mol. The van der Waals surface area contributed by atoms with Crippen molar-refractivity contribution in [3.63, 3.8) is 0 Å². The summed E-state index contributed by atoms with van der Waals surface area (Å²) in [6.07, 6.45) is 1.65. The molecule has 7 nitrogen and oxygen atoms in total. The summed E-state index contributed by atoms with van der Waals surface area (Å²) in [6, 6.07) is 8.61. The highest BCUT2D eigenvalue weighted by atomic mass is 16.5. The predicted octanol–water partition coefficient (Wildman–Crippen LogP) is 3.09. The lowest BCUT2D eigenvalue weighted by atomic mass is 10.0. The number of carbonyl (C=O) groups is 2. The number of rotatable bonds is 5. The summed E-state index contributed by atoms with van der Waals surface area (Å²) >= 11 is 0. The van der Waals surface area contributed by atoms with Crippen LogP contribution < -0.4 is 5.63 Å². The summed E-state index contributed by atoms with van der Waals surface area (Å²) in [7, 11) is 0. The zero-order valence-corrected chi connectivity index (χ0v) is 16.3. The van der Waals surface area contributed by atoms with Crippen LogP contribution in [0.2, 0.25) is 0 Å². The second kappa shape index (κ2) is 7.58. The Bertz CT molecular complexity index is 1130. The lowest BCUT2D eigenvalue weighted by Crippen LogP contribution is -2.26. The molecule has 0 spiro atoms. The van der Waals surface area contributed by atoms with E-state index in [1.165, 1.54) is 6.07 Å². The summed E-state index contributed by atoms with van der Waals surface area (Å²) in [5.74, 6) is -0.431. The fourth-order valence-corrected chi connectivity index (χ4v) is 3.54. The molecule has 4 rings (SSSR count). The third kappa shape index (κ3) is 3.94. The normalized spacial score (nSPS) is 16.6. The van der Waals surface area contributed by atoms with E-state index in [9.17, 15) is 14.4 Å². The van der Waals surface area contributed by atoms with Crippen molar-refractivity contribution in [2.24, 2.45) is 5.92 Å². The van der Waals surface area contributed by atoms with Gasteiger partial charge in [-0.05, 0) is 49.2 Å². The quantitative estimate of drug-likeness (QED) is 0.487. The summed E-state index contributed by atoms with van der Waals surface area (Å²) in [5, 5.41) is 0.738. The Morgan fingerprint density at radius 1 is 1.21 bits per heavy atom. The molecular formula is C22H21NO6. The van der Waals surface area contributed by atoms with Crippen molar-refractivity contribution >= 4 is 22.8 Å². The summed E-state index contributed by atoms with van der Waals surface area (Å²) < 4.78 is 16.0. The Morgan fingerprint density at radius 2 is 2.00 bits per heavy atom. The number of amides is 1. The Balaban J connectivity index is 1.45. The molecule has 1 aliphatic heterocycles. The van der Waals surface area contributed by atoms with E-state index in [0.29, 0.717) is 23.5 Å². The molecule has 1 unspecified atom stereocenters. The van der Waals surface area contributed by atoms with Gasteiger partial charge in [-0.1, -0.05) is 0 Å². The van der Waals surface area contributed by atoms with E-state index in [2.05, 4.69) is 0 Å². The lowest BCUT2D eigenvalue weighted by Gasteiger charge is -2.15. The zero-order valence-electron chi connectivity index (χ0n) is 16.3. The number of furan rings is 1. The topological polar surface area (TPSA) is 90.0 Å². The van der Waals surface area contributed by atoms with E-state index in [-0.39, 0.29) is 25.5 Å². The van der Waals surface area contributed by atoms with Crippen LogP contribution in [0, 0.1) is 19.8 Å². The fourth-order valence-electron chi connectivity index (χ4n) is 3.54. The molecule has 2 aromatic heterocycles. The largest absolute Gasteiger partial charge is 0.467 e. The van der Waals surface area contributed by atoms with E-state index in [4.69, 9.17) is 13.6 Å². The number of ether oxygens (including phenoxy) is 1. The molecule has 0 radical (unpaired) electrons. The summed E-state index contributed by atoms with van der Waals surface area (Å²) in [4.78, 5) is 38.2. The fraction of sp³-hybridized carbons (Fsp3) is 0.318. The van der Waals surface area contributed by atoms with Crippen molar-refractivity contribution in [2.75, 3.05) is 6.54 Å². The molecule has 1 amide bonds. The Labute approximate surface area is 166 Å². The van der Waals surface area contributed by atoms with Gasteiger partial charge >= 0.3 is 11.6 Å². The van der Waals surface area contributed by atoms with E-state index in [0.717, 1.165) is 16.5 Å². The number of likely N-dealkylation sites (tertiary alicyclic amines) is 1. The van der Waals surface area contributed by atoms with E-state index < -0.39 is 17.5 Å². The van der Waals surface area contributed by atoms with Gasteiger partial charge in [0.25, 0.3) is 0 Å². The van der Waals surface area contributed by atoms with Gasteiger partial charge in [-0.2, -0.15) is 0 Å². The molecule has 0 N–H and O–H groups in total. The van der Waals surface area contributed by atoms with Crippen LogP contribution in [0.25, 0.3) is 11.0 Å². The molecule has 0 bridgehead atoms. The van der Waals surface area contributed by atoms with Gasteiger partial charge in [0, 0.05) is 30.0 Å². The Morgan fingerprint density at radius 3 is 2.76 bits per heavy atom. The van der Waals surface area contributed by atoms with Gasteiger partial charge < -0.3 is 18.5 Å². The number of esters is 1. The molecular weight excluding hydrogens is 374 g/mol. The number of nitrogens with zero attached hydrogens (tertiary/aromatic N) is 1. The first-order valence-electron chi connectivity index (χ1n) is 9.41. The molecule has 3 heterocycles. The van der Waals surface area contributed by atoms with Gasteiger partial charge in [-0.15, -0.1) is 0 Å². The van der Waals surface area contributed by atoms with Crippen molar-refractivity contribution < 1.29 is 23.2 Å². The highest BCUT2D eigenvalue weighted by Crippen LogP contribution is 2.24. The van der Waals surface area contributed by atoms with Gasteiger partial charge in [0.05, 0.1) is 18.7 Å². The highest BCUT2D eigenvalue weighted by Gasteiger charge is 2.35. The first-order chi connectivity index (χ1) is 13.9. The molecule has 7 heteroatoms. The van der Waals surface area contributed by atoms with Crippen LogP contribution in [0.4, 0.5) is 0 Å². The molecule has 0 saturated carbocycles. The van der Waals surface area contributed by atoms with Crippen molar-refractivity contribution in [2.45, 2.75) is 33.4 Å². The average molecular weight is 395 g/mol. The monoisotopic (exact) mass is 395 g/mol. The Hall–Kier alpha value is -3.35. The number of benzene rings is 1. The standard InChI is InChI=1S/C22H21NO6/c1-13-6-18-16(9-21(25)29-19(18)7-14(13)2)12-28-22(26)15-8-20(24)23(10-15)11-17-4-3-5-27-17/h3-7,9,15H,8,10-12H2,1-2H3. The molecule has 1 saturated heterocycles. The Kier molecular flexibility index (Phi) is 4.96. The molecule has 1 aromatic carbocycles. The van der Waals surface area contributed by atoms with Crippen molar-refractivity contribution in [3.05, 3.63) is 69.5 Å². The third-order valence-electron chi connectivity index (χ3n) is 5.29. The maximum atomic E-state index is 12.5. The first-order valence-corrected chi connectivity index (χ1v) is 9.41. The van der Waals surface area contributed by atoms with Crippen molar-refractivity contribution in [3.8, 4) is 0 Å². The third-order valence-corrected chi connectivity index (χ3v) is 5.29. The smallest absolute Gasteiger partial charge is 0.336 e. The number of hydrogen-bond acceptors (Lipinski definition) is 6. The number of fused-ring (bicyclic) bond motifs is 1. The van der Waals surface area contributed by atoms with Crippen LogP contribution in [0.5, 0.6) is 0 Å². The number of hydrogen-bond donors (Lipinski definition) is 0. The molecule has 1 fully saturated rings. The minimum absolute atomic E-state index is 0.0493. The molecule has 1 atom stereocenters. The highest BCUT2D eigenvalue weighted by molar-refractivity contribution is 5.87. The van der Waals surface area contributed by atoms with E-state index in [1.54, 1.807) is 29.4 Å². The molecule has 150 valence electrons. The van der Waals surface area contributed by atoms with Gasteiger partial charge in [0.15, 0.2) is 0 Å². The molecule has 3 aromatic rings. The second-order valence-corrected chi connectivity index (χ2v) is 7.39. The molecule has 1 aliphatic rings. The first kappa shape index (κ1) is 19.0. The van der Waals surface area contributed by atoms with Crippen LogP contribution in [0.1, 0.15) is 28.9 Å². The SMILES string of the molecule is Cc1cc2oc(=O)cc(COC(=O)C3CC(=O)N(Cc4ccco4)C3)c2cc1C. The maximum Gasteiger partial charge on any atom is 0.336 e. The lowest BCUT2D eigenvalue weighted by molar-refractivity contribution is -0.149. The van der Waals surface area contributed by atoms with E-state index in [1.807, 2.05) is 19.9 Å². The average Bonchev–Trinajstić information content (AvgIpc) is 3.31. The van der Waals surface area contributed by atoms with Gasteiger partial charge in [0.2, 0.25) is 5.91 Å². The minimum atomic E-state index is -0.534. The number of carbonyl (C=O) groups excluding carboxylic acids is 2. The van der Waals surface area contributed by atoms with Gasteiger partial charge in [-0.25, -0.2) is 4.79 Å². The van der Waals surface area contributed by atoms with Crippen LogP contribution in [-0.2, 0) is 27.5 Å². The summed E-state index contributed by atoms with van der Waals surface area (Å²) in [6.45, 7) is 4.47. The van der Waals surface area contributed by atoms with Gasteiger partial charge in [-0.3, -0.25) is 9.59 Å². The molecule has 0 aliphatic carbocycles. The zero-order chi connectivity index (χ0) is 20.5. The minimum Gasteiger partial charge on any atom is -0.467 e. The van der Waals surface area contributed by atoms with Crippen LogP contribution >= 0.6 is 0 Å². The van der Waals surface area contributed by atoms with Crippen LogP contribution in [0.15, 0.2) is 50.2 Å². The van der Waals surface area contributed by atoms with Crippen molar-refractivity contribution in [1.29, 1.82) is 0 Å².